The second kappa shape index (κ2) is 7.92. The highest BCUT2D eigenvalue weighted by atomic mass is 15.3. The van der Waals surface area contributed by atoms with Gasteiger partial charge in [-0.15, -0.1) is 0 Å². The predicted octanol–water partition coefficient (Wildman–Crippen LogP) is 4.21. The van der Waals surface area contributed by atoms with E-state index in [9.17, 15) is 0 Å². The monoisotopic (exact) mass is 377 g/mol. The van der Waals surface area contributed by atoms with Crippen LogP contribution < -0.4 is 0 Å². The number of nitrogens with zero attached hydrogens (tertiary/aromatic N) is 5. The Hall–Kier alpha value is -2.40. The lowest BCUT2D eigenvalue weighted by Crippen LogP contribution is -2.36. The van der Waals surface area contributed by atoms with Gasteiger partial charge in [-0.25, -0.2) is 9.67 Å². The fraction of sp³-hybridized carbons (Fsp3) is 0.478. The molecule has 0 radical (unpaired) electrons. The first-order valence-electron chi connectivity index (χ1n) is 10.3. The summed E-state index contributed by atoms with van der Waals surface area (Å²) < 4.78 is 4.41. The van der Waals surface area contributed by atoms with Crippen LogP contribution in [0.4, 0.5) is 0 Å². The smallest absolute Gasteiger partial charge is 0.105 e. The Balaban J connectivity index is 1.50. The molecule has 28 heavy (non-hydrogen) atoms. The lowest BCUT2D eigenvalue weighted by molar-refractivity contribution is 0.155. The van der Waals surface area contributed by atoms with E-state index in [4.69, 9.17) is 5.10 Å². The molecule has 0 bridgehead atoms. The van der Waals surface area contributed by atoms with Crippen molar-refractivity contribution < 1.29 is 0 Å². The molecule has 0 N–H and O–H groups in total. The first-order chi connectivity index (χ1) is 13.5. The first-order valence-corrected chi connectivity index (χ1v) is 10.3. The number of hydrogen-bond acceptors (Lipinski definition) is 3. The zero-order valence-electron chi connectivity index (χ0n) is 17.5. The summed E-state index contributed by atoms with van der Waals surface area (Å²) in [5.41, 5.74) is 6.23. The minimum absolute atomic E-state index is 0.689. The third-order valence-electron chi connectivity index (χ3n) is 6.15. The molecule has 1 atom stereocenters. The Morgan fingerprint density at radius 3 is 2.68 bits per heavy atom. The van der Waals surface area contributed by atoms with Crippen molar-refractivity contribution >= 4 is 0 Å². The zero-order valence-corrected chi connectivity index (χ0v) is 17.5. The molecule has 0 saturated carbocycles. The summed E-state index contributed by atoms with van der Waals surface area (Å²) in [5, 5.41) is 4.88. The molecular weight excluding hydrogens is 346 g/mol. The molecule has 0 aliphatic carbocycles. The highest BCUT2D eigenvalue weighted by Gasteiger charge is 2.23. The molecule has 4 rings (SSSR count). The van der Waals surface area contributed by atoms with Gasteiger partial charge in [-0.05, 0) is 64.6 Å². The maximum atomic E-state index is 4.88. The molecule has 1 aromatic carbocycles. The van der Waals surface area contributed by atoms with Crippen LogP contribution in [0.2, 0.25) is 0 Å². The van der Waals surface area contributed by atoms with Gasteiger partial charge in [-0.2, -0.15) is 5.10 Å². The molecule has 1 fully saturated rings. The van der Waals surface area contributed by atoms with Crippen LogP contribution in [-0.4, -0.2) is 37.3 Å². The van der Waals surface area contributed by atoms with E-state index >= 15 is 0 Å². The fourth-order valence-corrected chi connectivity index (χ4v) is 4.48. The van der Waals surface area contributed by atoms with Gasteiger partial charge in [-0.3, -0.25) is 4.90 Å². The number of benzene rings is 1. The molecule has 1 aliphatic heterocycles. The number of imidazole rings is 1. The van der Waals surface area contributed by atoms with Gasteiger partial charge in [0.25, 0.3) is 0 Å². The van der Waals surface area contributed by atoms with E-state index in [1.165, 1.54) is 41.9 Å². The number of aromatic nitrogens is 4. The molecule has 1 aliphatic rings. The van der Waals surface area contributed by atoms with Crippen molar-refractivity contribution in [3.63, 3.8) is 0 Å². The highest BCUT2D eigenvalue weighted by molar-refractivity contribution is 5.42. The molecule has 5 nitrogen and oxygen atoms in total. The van der Waals surface area contributed by atoms with Gasteiger partial charge in [0.05, 0.1) is 11.4 Å². The summed E-state index contributed by atoms with van der Waals surface area (Å²) in [4.78, 5) is 6.98. The number of rotatable bonds is 5. The minimum atomic E-state index is 0.689. The van der Waals surface area contributed by atoms with Crippen molar-refractivity contribution in [3.05, 3.63) is 65.0 Å². The summed E-state index contributed by atoms with van der Waals surface area (Å²) >= 11 is 0. The molecule has 0 spiro atoms. The van der Waals surface area contributed by atoms with Crippen molar-refractivity contribution in [1.29, 1.82) is 0 Å². The molecule has 3 aromatic rings. The normalized spacial score (nSPS) is 17.9. The van der Waals surface area contributed by atoms with Gasteiger partial charge in [0.2, 0.25) is 0 Å². The van der Waals surface area contributed by atoms with Crippen LogP contribution in [0.3, 0.4) is 0 Å². The SMILES string of the molecule is Cc1ccccc1-n1nc(C)c(CN2CCC[C@@H](Cn3ccnc3C)C2)c1C. The Bertz CT molecular complexity index is 952. The number of piperidine rings is 1. The lowest BCUT2D eigenvalue weighted by atomic mass is 9.97. The third kappa shape index (κ3) is 3.76. The fourth-order valence-electron chi connectivity index (χ4n) is 4.48. The van der Waals surface area contributed by atoms with Crippen molar-refractivity contribution in [1.82, 2.24) is 24.2 Å². The van der Waals surface area contributed by atoms with Crippen LogP contribution in [0.25, 0.3) is 5.69 Å². The van der Waals surface area contributed by atoms with E-state index < -0.39 is 0 Å². The third-order valence-corrected chi connectivity index (χ3v) is 6.15. The van der Waals surface area contributed by atoms with E-state index in [1.807, 2.05) is 6.20 Å². The van der Waals surface area contributed by atoms with Crippen LogP contribution in [-0.2, 0) is 13.1 Å². The largest absolute Gasteiger partial charge is 0.335 e. The van der Waals surface area contributed by atoms with Gasteiger partial charge in [0.15, 0.2) is 0 Å². The molecule has 0 unspecified atom stereocenters. The summed E-state index contributed by atoms with van der Waals surface area (Å²) in [7, 11) is 0. The van der Waals surface area contributed by atoms with Crippen molar-refractivity contribution in [2.75, 3.05) is 13.1 Å². The maximum Gasteiger partial charge on any atom is 0.105 e. The summed E-state index contributed by atoms with van der Waals surface area (Å²) in [6.07, 6.45) is 6.58. The molecule has 2 aromatic heterocycles. The standard InChI is InChI=1S/C23H31N5/c1-17-8-5-6-10-23(17)28-19(3)22(18(2)25-28)16-26-12-7-9-21(14-26)15-27-13-11-24-20(27)4/h5-6,8,10-11,13,21H,7,9,12,14-16H2,1-4H3/t21-/m1/s1. The van der Waals surface area contributed by atoms with Crippen LogP contribution in [0, 0.1) is 33.6 Å². The second-order valence-corrected chi connectivity index (χ2v) is 8.22. The average molecular weight is 378 g/mol. The summed E-state index contributed by atoms with van der Waals surface area (Å²) in [6.45, 7) is 13.0. The molecule has 1 saturated heterocycles. The first kappa shape index (κ1) is 18.9. The van der Waals surface area contributed by atoms with Crippen LogP contribution in [0.15, 0.2) is 36.7 Å². The van der Waals surface area contributed by atoms with Gasteiger partial charge < -0.3 is 4.57 Å². The van der Waals surface area contributed by atoms with Crippen LogP contribution in [0.5, 0.6) is 0 Å². The number of hydrogen-bond donors (Lipinski definition) is 0. The van der Waals surface area contributed by atoms with Gasteiger partial charge >= 0.3 is 0 Å². The molecule has 3 heterocycles. The molecular formula is C23H31N5. The maximum absolute atomic E-state index is 4.88. The highest BCUT2D eigenvalue weighted by Crippen LogP contribution is 2.25. The van der Waals surface area contributed by atoms with Crippen molar-refractivity contribution in [2.45, 2.75) is 53.6 Å². The predicted molar refractivity (Wildman–Crippen MR) is 113 cm³/mol. The van der Waals surface area contributed by atoms with E-state index in [-0.39, 0.29) is 0 Å². The Morgan fingerprint density at radius 2 is 1.93 bits per heavy atom. The average Bonchev–Trinajstić information content (AvgIpc) is 3.20. The summed E-state index contributed by atoms with van der Waals surface area (Å²) in [5.74, 6) is 1.80. The molecule has 148 valence electrons. The van der Waals surface area contributed by atoms with Crippen LogP contribution >= 0.6 is 0 Å². The topological polar surface area (TPSA) is 38.9 Å². The quantitative estimate of drug-likeness (QED) is 0.668. The number of para-hydroxylation sites is 1. The van der Waals surface area contributed by atoms with E-state index in [1.54, 1.807) is 0 Å². The van der Waals surface area contributed by atoms with Gasteiger partial charge in [-0.1, -0.05) is 18.2 Å². The number of aryl methyl sites for hydroxylation is 3. The second-order valence-electron chi connectivity index (χ2n) is 8.22. The Kier molecular flexibility index (Phi) is 5.36. The molecule has 5 heteroatoms. The Morgan fingerprint density at radius 1 is 1.11 bits per heavy atom. The number of likely N-dealkylation sites (tertiary alicyclic amines) is 1. The summed E-state index contributed by atoms with van der Waals surface area (Å²) in [6, 6.07) is 8.48. The molecule has 0 amide bonds. The van der Waals surface area contributed by atoms with E-state index in [0.29, 0.717) is 5.92 Å². The minimum Gasteiger partial charge on any atom is -0.335 e. The lowest BCUT2D eigenvalue weighted by Gasteiger charge is -2.33. The van der Waals surface area contributed by atoms with Crippen molar-refractivity contribution in [2.24, 2.45) is 5.92 Å². The van der Waals surface area contributed by atoms with Crippen molar-refractivity contribution in [3.8, 4) is 5.69 Å². The van der Waals surface area contributed by atoms with E-state index in [0.717, 1.165) is 31.2 Å². The van der Waals surface area contributed by atoms with E-state index in [2.05, 4.69) is 77.3 Å². The van der Waals surface area contributed by atoms with Gasteiger partial charge in [0, 0.05) is 43.3 Å². The van der Waals surface area contributed by atoms with Gasteiger partial charge in [0.1, 0.15) is 5.82 Å². The van der Waals surface area contributed by atoms with Crippen LogP contribution in [0.1, 0.15) is 41.2 Å². The zero-order chi connectivity index (χ0) is 19.7. The Labute approximate surface area is 168 Å².